The Bertz CT molecular complexity index is 655. The van der Waals surface area contributed by atoms with Crippen LogP contribution in [-0.4, -0.2) is 55.2 Å². The van der Waals surface area contributed by atoms with Crippen LogP contribution in [-0.2, 0) is 16.0 Å². The number of carbonyl (C=O) groups excluding carboxylic acids is 1. The van der Waals surface area contributed by atoms with E-state index in [4.69, 9.17) is 9.47 Å². The van der Waals surface area contributed by atoms with Crippen molar-refractivity contribution in [3.05, 3.63) is 54.2 Å². The van der Waals surface area contributed by atoms with E-state index in [0.29, 0.717) is 24.6 Å². The molecule has 2 heterocycles. The molecule has 1 N–H and O–H groups in total. The Labute approximate surface area is 147 Å². The third-order valence-electron chi connectivity index (χ3n) is 3.99. The maximum Gasteiger partial charge on any atom is 0.228 e. The van der Waals surface area contributed by atoms with Gasteiger partial charge in [0.05, 0.1) is 31.5 Å². The standard InChI is InChI=1S/C19H23N3O3/c23-18(14-16-4-2-1-3-5-16)21-17-6-7-19(20-15-17)25-13-10-22-8-11-24-12-9-22/h1-7,15H,8-14H2,(H,21,23). The van der Waals surface area contributed by atoms with Gasteiger partial charge in [-0.1, -0.05) is 30.3 Å². The maximum absolute atomic E-state index is 12.0. The van der Waals surface area contributed by atoms with Crippen LogP contribution in [0, 0.1) is 0 Å². The number of amides is 1. The Hall–Kier alpha value is -2.44. The van der Waals surface area contributed by atoms with Gasteiger partial charge in [0.2, 0.25) is 11.8 Å². The van der Waals surface area contributed by atoms with E-state index in [-0.39, 0.29) is 5.91 Å². The average Bonchev–Trinajstić information content (AvgIpc) is 2.65. The van der Waals surface area contributed by atoms with Gasteiger partial charge in [-0.15, -0.1) is 0 Å². The SMILES string of the molecule is O=C(Cc1ccccc1)Nc1ccc(OCCN2CCOCC2)nc1. The summed E-state index contributed by atoms with van der Waals surface area (Å²) in [5.74, 6) is 0.503. The number of ether oxygens (including phenoxy) is 2. The highest BCUT2D eigenvalue weighted by atomic mass is 16.5. The molecule has 6 nitrogen and oxygen atoms in total. The molecule has 1 aliphatic heterocycles. The van der Waals surface area contributed by atoms with Crippen LogP contribution in [0.4, 0.5) is 5.69 Å². The van der Waals surface area contributed by atoms with Gasteiger partial charge in [0, 0.05) is 25.7 Å². The minimum absolute atomic E-state index is 0.0611. The summed E-state index contributed by atoms with van der Waals surface area (Å²) in [6.07, 6.45) is 1.96. The minimum Gasteiger partial charge on any atom is -0.476 e. The second-order valence-corrected chi connectivity index (χ2v) is 5.90. The van der Waals surface area contributed by atoms with Crippen molar-refractivity contribution < 1.29 is 14.3 Å². The minimum atomic E-state index is -0.0611. The summed E-state index contributed by atoms with van der Waals surface area (Å²) in [6, 6.07) is 13.2. The van der Waals surface area contributed by atoms with Crippen LogP contribution in [0.15, 0.2) is 48.7 Å². The van der Waals surface area contributed by atoms with Crippen LogP contribution >= 0.6 is 0 Å². The van der Waals surface area contributed by atoms with Crippen molar-refractivity contribution in [2.45, 2.75) is 6.42 Å². The van der Waals surface area contributed by atoms with E-state index in [1.165, 1.54) is 0 Å². The molecule has 0 bridgehead atoms. The van der Waals surface area contributed by atoms with Crippen molar-refractivity contribution in [1.29, 1.82) is 0 Å². The summed E-state index contributed by atoms with van der Waals surface area (Å²) >= 11 is 0. The molecule has 1 fully saturated rings. The molecule has 1 aromatic carbocycles. The summed E-state index contributed by atoms with van der Waals surface area (Å²) in [6.45, 7) is 4.92. The second kappa shape index (κ2) is 9.15. The Morgan fingerprint density at radius 2 is 1.96 bits per heavy atom. The van der Waals surface area contributed by atoms with E-state index in [1.807, 2.05) is 30.3 Å². The van der Waals surface area contributed by atoms with Gasteiger partial charge < -0.3 is 14.8 Å². The number of pyridine rings is 1. The highest BCUT2D eigenvalue weighted by Crippen LogP contribution is 2.12. The van der Waals surface area contributed by atoms with Crippen LogP contribution < -0.4 is 10.1 Å². The monoisotopic (exact) mass is 341 g/mol. The molecule has 3 rings (SSSR count). The van der Waals surface area contributed by atoms with Gasteiger partial charge in [0.25, 0.3) is 0 Å². The van der Waals surface area contributed by atoms with Crippen LogP contribution in [0.3, 0.4) is 0 Å². The zero-order valence-electron chi connectivity index (χ0n) is 14.2. The van der Waals surface area contributed by atoms with Crippen molar-refractivity contribution in [2.24, 2.45) is 0 Å². The van der Waals surface area contributed by atoms with E-state index < -0.39 is 0 Å². The van der Waals surface area contributed by atoms with Crippen LogP contribution in [0.2, 0.25) is 0 Å². The van der Waals surface area contributed by atoms with Crippen LogP contribution in [0.25, 0.3) is 0 Å². The summed E-state index contributed by atoms with van der Waals surface area (Å²) in [7, 11) is 0. The van der Waals surface area contributed by atoms with E-state index in [1.54, 1.807) is 18.3 Å². The summed E-state index contributed by atoms with van der Waals surface area (Å²) in [5.41, 5.74) is 1.65. The van der Waals surface area contributed by atoms with Gasteiger partial charge in [-0.25, -0.2) is 4.98 Å². The lowest BCUT2D eigenvalue weighted by molar-refractivity contribution is -0.115. The average molecular weight is 341 g/mol. The molecule has 0 spiro atoms. The topological polar surface area (TPSA) is 63.7 Å². The first-order valence-corrected chi connectivity index (χ1v) is 8.52. The first kappa shape index (κ1) is 17.4. The fraction of sp³-hybridized carbons (Fsp3) is 0.368. The molecule has 0 unspecified atom stereocenters. The van der Waals surface area contributed by atoms with Crippen molar-refractivity contribution in [1.82, 2.24) is 9.88 Å². The quantitative estimate of drug-likeness (QED) is 0.834. The molecular weight excluding hydrogens is 318 g/mol. The van der Waals surface area contributed by atoms with Gasteiger partial charge >= 0.3 is 0 Å². The number of hydrogen-bond donors (Lipinski definition) is 1. The first-order valence-electron chi connectivity index (χ1n) is 8.52. The Morgan fingerprint density at radius 3 is 2.68 bits per heavy atom. The van der Waals surface area contributed by atoms with Gasteiger partial charge in [0.1, 0.15) is 6.61 Å². The number of nitrogens with zero attached hydrogens (tertiary/aromatic N) is 2. The lowest BCUT2D eigenvalue weighted by Gasteiger charge is -2.26. The predicted molar refractivity (Wildman–Crippen MR) is 95.8 cm³/mol. The number of carbonyl (C=O) groups is 1. The number of benzene rings is 1. The lowest BCUT2D eigenvalue weighted by atomic mass is 10.1. The summed E-state index contributed by atoms with van der Waals surface area (Å²) < 4.78 is 11.0. The zero-order chi connectivity index (χ0) is 17.3. The first-order chi connectivity index (χ1) is 12.3. The fourth-order valence-corrected chi connectivity index (χ4v) is 2.63. The van der Waals surface area contributed by atoms with Crippen molar-refractivity contribution in [2.75, 3.05) is 44.8 Å². The normalized spacial score (nSPS) is 14.9. The molecule has 1 amide bonds. The number of rotatable bonds is 7. The predicted octanol–water partition coefficient (Wildman–Crippen LogP) is 1.97. The maximum atomic E-state index is 12.0. The lowest BCUT2D eigenvalue weighted by Crippen LogP contribution is -2.38. The zero-order valence-corrected chi connectivity index (χ0v) is 14.2. The van der Waals surface area contributed by atoms with Gasteiger partial charge in [-0.05, 0) is 11.6 Å². The largest absolute Gasteiger partial charge is 0.476 e. The van der Waals surface area contributed by atoms with Crippen molar-refractivity contribution in [3.8, 4) is 5.88 Å². The third kappa shape index (κ3) is 5.85. The molecule has 1 aliphatic rings. The van der Waals surface area contributed by atoms with Gasteiger partial charge in [-0.3, -0.25) is 9.69 Å². The molecule has 6 heteroatoms. The third-order valence-corrected chi connectivity index (χ3v) is 3.99. The van der Waals surface area contributed by atoms with Crippen molar-refractivity contribution >= 4 is 11.6 Å². The van der Waals surface area contributed by atoms with Gasteiger partial charge in [-0.2, -0.15) is 0 Å². The Balaban J connectivity index is 1.41. The molecule has 0 aliphatic carbocycles. The van der Waals surface area contributed by atoms with E-state index >= 15 is 0 Å². The highest BCUT2D eigenvalue weighted by Gasteiger charge is 2.10. The highest BCUT2D eigenvalue weighted by molar-refractivity contribution is 5.92. The van der Waals surface area contributed by atoms with E-state index in [0.717, 1.165) is 38.4 Å². The molecule has 1 aromatic heterocycles. The fourth-order valence-electron chi connectivity index (χ4n) is 2.63. The molecule has 0 saturated carbocycles. The number of nitrogens with one attached hydrogen (secondary N) is 1. The number of morpholine rings is 1. The van der Waals surface area contributed by atoms with Gasteiger partial charge in [0.15, 0.2) is 0 Å². The molecule has 2 aromatic rings. The van der Waals surface area contributed by atoms with Crippen LogP contribution in [0.5, 0.6) is 5.88 Å². The van der Waals surface area contributed by atoms with E-state index in [9.17, 15) is 4.79 Å². The summed E-state index contributed by atoms with van der Waals surface area (Å²) in [4.78, 5) is 18.6. The molecule has 0 atom stereocenters. The molecule has 1 saturated heterocycles. The number of aromatic nitrogens is 1. The Kier molecular flexibility index (Phi) is 6.36. The molecule has 132 valence electrons. The second-order valence-electron chi connectivity index (χ2n) is 5.90. The molecular formula is C19H23N3O3. The van der Waals surface area contributed by atoms with E-state index in [2.05, 4.69) is 15.2 Å². The Morgan fingerprint density at radius 1 is 1.16 bits per heavy atom. The molecule has 0 radical (unpaired) electrons. The number of anilines is 1. The smallest absolute Gasteiger partial charge is 0.228 e. The summed E-state index contributed by atoms with van der Waals surface area (Å²) in [5, 5.41) is 2.85. The number of hydrogen-bond acceptors (Lipinski definition) is 5. The molecule has 25 heavy (non-hydrogen) atoms. The van der Waals surface area contributed by atoms with Crippen LogP contribution in [0.1, 0.15) is 5.56 Å². The van der Waals surface area contributed by atoms with Crippen molar-refractivity contribution in [3.63, 3.8) is 0 Å².